The first-order chi connectivity index (χ1) is 11.8. The van der Waals surface area contributed by atoms with Gasteiger partial charge in [-0.2, -0.15) is 13.2 Å². The van der Waals surface area contributed by atoms with Gasteiger partial charge in [-0.3, -0.25) is 4.98 Å². The topological polar surface area (TPSA) is 91.8 Å². The molecule has 144 valence electrons. The van der Waals surface area contributed by atoms with E-state index in [-0.39, 0.29) is 25.2 Å². The molecular weight excluding hydrogens is 355 g/mol. The number of hydrogen-bond acceptors (Lipinski definition) is 5. The van der Waals surface area contributed by atoms with Crippen LogP contribution in [0.2, 0.25) is 0 Å². The number of carbonyl (C=O) groups excluding carboxylic acids is 1. The number of hydrogen-bond donors (Lipinski definition) is 2. The highest BCUT2D eigenvalue weighted by molar-refractivity contribution is 5.86. The smallest absolute Gasteiger partial charge is 0.417 e. The number of alkyl halides is 3. The van der Waals surface area contributed by atoms with Crippen molar-refractivity contribution in [1.82, 2.24) is 10.3 Å². The fourth-order valence-corrected chi connectivity index (χ4v) is 2.61. The summed E-state index contributed by atoms with van der Waals surface area (Å²) in [5.74, 6) is -1.29. The van der Waals surface area contributed by atoms with Gasteiger partial charge in [-0.25, -0.2) is 9.59 Å². The number of carboxylic acids is 1. The second-order valence-corrected chi connectivity index (χ2v) is 7.12. The highest BCUT2D eigenvalue weighted by Gasteiger charge is 2.47. The zero-order valence-electron chi connectivity index (χ0n) is 14.6. The normalized spacial score (nSPS) is 20.8. The maximum absolute atomic E-state index is 12.8. The van der Waals surface area contributed by atoms with Gasteiger partial charge in [0.15, 0.2) is 5.54 Å². The number of ether oxygens (including phenoxy) is 1. The summed E-state index contributed by atoms with van der Waals surface area (Å²) in [6.07, 6.45) is -3.52. The molecule has 1 amide bonds. The summed E-state index contributed by atoms with van der Waals surface area (Å²) in [5.41, 5.74) is -3.26. The molecule has 1 saturated heterocycles. The number of aliphatic carboxylic acids is 1. The Bertz CT molecular complexity index is 703. The molecule has 1 aliphatic heterocycles. The molecule has 0 saturated carbocycles. The zero-order valence-corrected chi connectivity index (χ0v) is 14.6. The molecule has 10 heteroatoms. The van der Waals surface area contributed by atoms with Crippen LogP contribution in [0.25, 0.3) is 0 Å². The van der Waals surface area contributed by atoms with Gasteiger partial charge in [0.2, 0.25) is 0 Å². The van der Waals surface area contributed by atoms with E-state index in [1.54, 1.807) is 20.8 Å². The Balaban J connectivity index is 2.20. The number of nitrogens with one attached hydrogen (secondary N) is 1. The van der Waals surface area contributed by atoms with Crippen molar-refractivity contribution in [1.29, 1.82) is 0 Å². The van der Waals surface area contributed by atoms with E-state index >= 15 is 0 Å². The van der Waals surface area contributed by atoms with Gasteiger partial charge in [0.25, 0.3) is 0 Å². The van der Waals surface area contributed by atoms with Gasteiger partial charge in [-0.05, 0) is 26.8 Å². The number of pyridine rings is 1. The molecule has 0 radical (unpaired) electrons. The quantitative estimate of drug-likeness (QED) is 0.844. The van der Waals surface area contributed by atoms with Crippen molar-refractivity contribution in [3.05, 3.63) is 24.0 Å². The van der Waals surface area contributed by atoms with Crippen LogP contribution in [0.3, 0.4) is 0 Å². The number of anilines is 1. The van der Waals surface area contributed by atoms with Crippen molar-refractivity contribution in [3.8, 4) is 0 Å². The van der Waals surface area contributed by atoms with Crippen LogP contribution in [0.4, 0.5) is 23.7 Å². The molecule has 1 unspecified atom stereocenters. The molecule has 1 aromatic heterocycles. The molecule has 2 heterocycles. The summed E-state index contributed by atoms with van der Waals surface area (Å²) in [6, 6.07) is 0.901. The van der Waals surface area contributed by atoms with Crippen LogP contribution in [0.1, 0.15) is 32.8 Å². The molecule has 1 fully saturated rings. The third-order valence-electron chi connectivity index (χ3n) is 3.84. The Kier molecular flexibility index (Phi) is 5.07. The molecule has 1 aromatic rings. The van der Waals surface area contributed by atoms with Gasteiger partial charge < -0.3 is 20.1 Å². The Morgan fingerprint density at radius 1 is 1.31 bits per heavy atom. The zero-order chi connectivity index (χ0) is 19.8. The maximum Gasteiger partial charge on any atom is 0.417 e. The first kappa shape index (κ1) is 19.8. The first-order valence-corrected chi connectivity index (χ1v) is 7.84. The number of amides is 1. The monoisotopic (exact) mass is 375 g/mol. The van der Waals surface area contributed by atoms with E-state index in [4.69, 9.17) is 4.74 Å². The van der Waals surface area contributed by atoms with Crippen molar-refractivity contribution in [3.63, 3.8) is 0 Å². The van der Waals surface area contributed by atoms with Crippen molar-refractivity contribution in [2.75, 3.05) is 18.0 Å². The van der Waals surface area contributed by atoms with E-state index in [0.717, 1.165) is 6.07 Å². The van der Waals surface area contributed by atoms with Crippen LogP contribution in [0.5, 0.6) is 0 Å². The van der Waals surface area contributed by atoms with Crippen LogP contribution in [0, 0.1) is 0 Å². The molecule has 26 heavy (non-hydrogen) atoms. The van der Waals surface area contributed by atoms with Gasteiger partial charge in [0, 0.05) is 19.2 Å². The lowest BCUT2D eigenvalue weighted by molar-refractivity contribution is -0.144. The second-order valence-electron chi connectivity index (χ2n) is 7.12. The summed E-state index contributed by atoms with van der Waals surface area (Å²) in [7, 11) is 0. The first-order valence-electron chi connectivity index (χ1n) is 7.84. The Labute approximate surface area is 148 Å². The van der Waals surface area contributed by atoms with Crippen molar-refractivity contribution in [2.45, 2.75) is 44.5 Å². The van der Waals surface area contributed by atoms with Gasteiger partial charge in [0.1, 0.15) is 5.60 Å². The van der Waals surface area contributed by atoms with Crippen LogP contribution in [-0.4, -0.2) is 46.4 Å². The van der Waals surface area contributed by atoms with Crippen molar-refractivity contribution in [2.24, 2.45) is 0 Å². The molecule has 0 bridgehead atoms. The predicted molar refractivity (Wildman–Crippen MR) is 85.8 cm³/mol. The summed E-state index contributed by atoms with van der Waals surface area (Å²) in [6.45, 7) is 4.84. The molecule has 2 N–H and O–H groups in total. The number of alkyl carbamates (subject to hydrolysis) is 1. The predicted octanol–water partition coefficient (Wildman–Crippen LogP) is 2.66. The molecule has 7 nitrogen and oxygen atoms in total. The second kappa shape index (κ2) is 6.65. The average Bonchev–Trinajstić information content (AvgIpc) is 2.90. The van der Waals surface area contributed by atoms with Gasteiger partial charge in [-0.15, -0.1) is 0 Å². The fourth-order valence-electron chi connectivity index (χ4n) is 2.61. The largest absolute Gasteiger partial charge is 0.479 e. The van der Waals surface area contributed by atoms with Crippen LogP contribution >= 0.6 is 0 Å². The van der Waals surface area contributed by atoms with E-state index in [1.807, 2.05) is 0 Å². The number of carboxylic acid groups (broad SMARTS) is 1. The van der Waals surface area contributed by atoms with Gasteiger partial charge >= 0.3 is 18.2 Å². The van der Waals surface area contributed by atoms with E-state index in [2.05, 4.69) is 10.3 Å². The summed E-state index contributed by atoms with van der Waals surface area (Å²) < 4.78 is 43.6. The maximum atomic E-state index is 12.8. The summed E-state index contributed by atoms with van der Waals surface area (Å²) >= 11 is 0. The Morgan fingerprint density at radius 3 is 2.50 bits per heavy atom. The molecule has 0 aliphatic carbocycles. The molecule has 0 spiro atoms. The summed E-state index contributed by atoms with van der Waals surface area (Å²) in [4.78, 5) is 28.7. The minimum Gasteiger partial charge on any atom is -0.479 e. The molecule has 1 aliphatic rings. The third kappa shape index (κ3) is 4.55. The number of carbonyl (C=O) groups is 2. The van der Waals surface area contributed by atoms with Gasteiger partial charge in [-0.1, -0.05) is 0 Å². The van der Waals surface area contributed by atoms with Crippen LogP contribution in [-0.2, 0) is 15.7 Å². The van der Waals surface area contributed by atoms with Crippen molar-refractivity contribution < 1.29 is 32.6 Å². The van der Waals surface area contributed by atoms with Crippen LogP contribution in [0.15, 0.2) is 18.5 Å². The molecular formula is C16H20F3N3O4. The summed E-state index contributed by atoms with van der Waals surface area (Å²) in [5, 5.41) is 11.9. The number of halogens is 3. The lowest BCUT2D eigenvalue weighted by Crippen LogP contribution is -2.57. The molecule has 1 atom stereocenters. The van der Waals surface area contributed by atoms with Crippen molar-refractivity contribution >= 4 is 17.7 Å². The lowest BCUT2D eigenvalue weighted by Gasteiger charge is -2.28. The number of rotatable bonds is 3. The number of aromatic nitrogens is 1. The molecule has 0 aromatic carbocycles. The van der Waals surface area contributed by atoms with Crippen LogP contribution < -0.4 is 10.2 Å². The third-order valence-corrected chi connectivity index (χ3v) is 3.84. The van der Waals surface area contributed by atoms with E-state index in [0.29, 0.717) is 6.20 Å². The minimum absolute atomic E-state index is 0.0117. The standard InChI is InChI=1S/C16H20F3N3O4/c1-14(2,3)26-13(25)21-15(12(23)24)4-5-22(9-15)11-6-10(7-20-8-11)16(17,18)19/h6-8H,4-5,9H2,1-3H3,(H,21,25)(H,23,24). The van der Waals surface area contributed by atoms with Gasteiger partial charge in [0.05, 0.1) is 24.0 Å². The fraction of sp³-hybridized carbons (Fsp3) is 0.562. The minimum atomic E-state index is -4.55. The highest BCUT2D eigenvalue weighted by Crippen LogP contribution is 2.33. The molecule has 2 rings (SSSR count). The number of nitrogens with zero attached hydrogens (tertiary/aromatic N) is 2. The average molecular weight is 375 g/mol. The lowest BCUT2D eigenvalue weighted by atomic mass is 9.99. The van der Waals surface area contributed by atoms with E-state index in [9.17, 15) is 27.9 Å². The van der Waals surface area contributed by atoms with E-state index in [1.165, 1.54) is 11.1 Å². The SMILES string of the molecule is CC(C)(C)OC(=O)NC1(C(=O)O)CCN(c2cncc(C(F)(F)F)c2)C1. The highest BCUT2D eigenvalue weighted by atomic mass is 19.4. The Hall–Kier alpha value is -2.52. The Morgan fingerprint density at radius 2 is 1.96 bits per heavy atom. The van der Waals surface area contributed by atoms with E-state index < -0.39 is 34.9 Å².